The molecule has 124 valence electrons. The fourth-order valence-electron chi connectivity index (χ4n) is 2.15. The van der Waals surface area contributed by atoms with Crippen LogP contribution in [0.2, 0.25) is 0 Å². The third-order valence-electron chi connectivity index (χ3n) is 3.30. The monoisotopic (exact) mass is 328 g/mol. The standard InChI is InChI=1S/C17H16N2O5/c1-3-24-17(21)12-5-4-6-13(10-12)18-16(20)15-8-7-14(19(22)23)9-11(15)2/h4-10H,3H2,1-2H3,(H,18,20). The molecule has 0 aliphatic carbocycles. The number of nitrogens with zero attached hydrogens (tertiary/aromatic N) is 1. The van der Waals surface area contributed by atoms with Crippen molar-refractivity contribution >= 4 is 23.3 Å². The van der Waals surface area contributed by atoms with Gasteiger partial charge in [0, 0.05) is 23.4 Å². The molecule has 7 nitrogen and oxygen atoms in total. The van der Waals surface area contributed by atoms with Crippen molar-refractivity contribution in [3.05, 3.63) is 69.3 Å². The van der Waals surface area contributed by atoms with Crippen molar-refractivity contribution in [3.63, 3.8) is 0 Å². The molecule has 2 aromatic carbocycles. The number of hydrogen-bond acceptors (Lipinski definition) is 5. The molecule has 0 saturated carbocycles. The molecule has 24 heavy (non-hydrogen) atoms. The molecule has 0 aromatic heterocycles. The Kier molecular flexibility index (Phi) is 5.26. The zero-order valence-corrected chi connectivity index (χ0v) is 13.2. The van der Waals surface area contributed by atoms with Crippen LogP contribution in [0, 0.1) is 17.0 Å². The van der Waals surface area contributed by atoms with Crippen molar-refractivity contribution in [1.82, 2.24) is 0 Å². The van der Waals surface area contributed by atoms with Crippen LogP contribution in [-0.2, 0) is 4.74 Å². The number of nitro benzene ring substituents is 1. The third kappa shape index (κ3) is 3.95. The van der Waals surface area contributed by atoms with Gasteiger partial charge in [-0.2, -0.15) is 0 Å². The molecule has 0 heterocycles. The molecule has 0 saturated heterocycles. The Labute approximate surface area is 138 Å². The smallest absolute Gasteiger partial charge is 0.338 e. The second-order valence-corrected chi connectivity index (χ2v) is 5.01. The van der Waals surface area contributed by atoms with Crippen LogP contribution in [0.25, 0.3) is 0 Å². The number of nitrogens with one attached hydrogen (secondary N) is 1. The molecule has 0 aliphatic rings. The Morgan fingerprint density at radius 3 is 2.58 bits per heavy atom. The lowest BCUT2D eigenvalue weighted by Crippen LogP contribution is -2.14. The van der Waals surface area contributed by atoms with Crippen molar-refractivity contribution < 1.29 is 19.2 Å². The Morgan fingerprint density at radius 2 is 1.96 bits per heavy atom. The van der Waals surface area contributed by atoms with Crippen LogP contribution < -0.4 is 5.32 Å². The average Bonchev–Trinajstić information content (AvgIpc) is 2.55. The highest BCUT2D eigenvalue weighted by Crippen LogP contribution is 2.19. The summed E-state index contributed by atoms with van der Waals surface area (Å²) in [6, 6.07) is 10.4. The van der Waals surface area contributed by atoms with Gasteiger partial charge in [0.15, 0.2) is 0 Å². The number of aryl methyl sites for hydroxylation is 1. The number of anilines is 1. The average molecular weight is 328 g/mol. The Morgan fingerprint density at radius 1 is 1.21 bits per heavy atom. The number of esters is 1. The van der Waals surface area contributed by atoms with Gasteiger partial charge in [0.25, 0.3) is 11.6 Å². The minimum Gasteiger partial charge on any atom is -0.462 e. The number of hydrogen-bond donors (Lipinski definition) is 1. The largest absolute Gasteiger partial charge is 0.462 e. The molecule has 0 radical (unpaired) electrons. The SMILES string of the molecule is CCOC(=O)c1cccc(NC(=O)c2ccc([N+](=O)[O-])cc2C)c1. The molecule has 0 aliphatic heterocycles. The highest BCUT2D eigenvalue weighted by molar-refractivity contribution is 6.06. The normalized spacial score (nSPS) is 10.1. The second-order valence-electron chi connectivity index (χ2n) is 5.01. The van der Waals surface area contributed by atoms with Crippen LogP contribution >= 0.6 is 0 Å². The lowest BCUT2D eigenvalue weighted by atomic mass is 10.1. The van der Waals surface area contributed by atoms with Crippen molar-refractivity contribution in [1.29, 1.82) is 0 Å². The summed E-state index contributed by atoms with van der Waals surface area (Å²) in [4.78, 5) is 34.3. The summed E-state index contributed by atoms with van der Waals surface area (Å²) in [5.74, 6) is -0.886. The van der Waals surface area contributed by atoms with Gasteiger partial charge in [-0.3, -0.25) is 14.9 Å². The first-order valence-corrected chi connectivity index (χ1v) is 7.26. The topological polar surface area (TPSA) is 98.5 Å². The van der Waals surface area contributed by atoms with Crippen molar-refractivity contribution in [2.24, 2.45) is 0 Å². The number of amides is 1. The Balaban J connectivity index is 2.19. The molecule has 0 fully saturated rings. The molecule has 0 spiro atoms. The van der Waals surface area contributed by atoms with Crippen LogP contribution in [0.4, 0.5) is 11.4 Å². The van der Waals surface area contributed by atoms with E-state index in [1.54, 1.807) is 32.0 Å². The van der Waals surface area contributed by atoms with Gasteiger partial charge in [-0.05, 0) is 43.7 Å². The summed E-state index contributed by atoms with van der Waals surface area (Å²) in [7, 11) is 0. The minimum atomic E-state index is -0.516. The predicted molar refractivity (Wildman–Crippen MR) is 88.2 cm³/mol. The van der Waals surface area contributed by atoms with E-state index in [-0.39, 0.29) is 12.3 Å². The van der Waals surface area contributed by atoms with Gasteiger partial charge in [-0.25, -0.2) is 4.79 Å². The number of benzene rings is 2. The Bertz CT molecular complexity index is 801. The van der Waals surface area contributed by atoms with Gasteiger partial charge < -0.3 is 10.1 Å². The first kappa shape index (κ1) is 17.1. The minimum absolute atomic E-state index is 0.0756. The van der Waals surface area contributed by atoms with Gasteiger partial charge in [-0.15, -0.1) is 0 Å². The van der Waals surface area contributed by atoms with Gasteiger partial charge in [0.1, 0.15) is 0 Å². The van der Waals surface area contributed by atoms with Crippen LogP contribution in [0.15, 0.2) is 42.5 Å². The number of carbonyl (C=O) groups excluding carboxylic acids is 2. The van der Waals surface area contributed by atoms with Crippen molar-refractivity contribution in [3.8, 4) is 0 Å². The molecule has 0 atom stereocenters. The molecule has 0 bridgehead atoms. The van der Waals surface area contributed by atoms with Crippen molar-refractivity contribution in [2.45, 2.75) is 13.8 Å². The van der Waals surface area contributed by atoms with Crippen LogP contribution in [0.5, 0.6) is 0 Å². The Hall–Kier alpha value is -3.22. The molecule has 1 amide bonds. The zero-order valence-electron chi connectivity index (χ0n) is 13.2. The fourth-order valence-corrected chi connectivity index (χ4v) is 2.15. The summed E-state index contributed by atoms with van der Waals surface area (Å²) in [6.07, 6.45) is 0. The maximum Gasteiger partial charge on any atom is 0.338 e. The first-order valence-electron chi connectivity index (χ1n) is 7.26. The van der Waals surface area contributed by atoms with Crippen LogP contribution in [0.1, 0.15) is 33.2 Å². The quantitative estimate of drug-likeness (QED) is 0.515. The second kappa shape index (κ2) is 7.36. The number of nitro groups is 1. The molecule has 2 rings (SSSR count). The van der Waals surface area contributed by atoms with Gasteiger partial charge in [0.05, 0.1) is 17.1 Å². The number of carbonyl (C=O) groups is 2. The van der Waals surface area contributed by atoms with E-state index in [0.717, 1.165) is 0 Å². The summed E-state index contributed by atoms with van der Waals surface area (Å²) < 4.78 is 4.91. The number of rotatable bonds is 5. The summed E-state index contributed by atoms with van der Waals surface area (Å²) >= 11 is 0. The molecule has 0 unspecified atom stereocenters. The third-order valence-corrected chi connectivity index (χ3v) is 3.30. The van der Waals surface area contributed by atoms with E-state index < -0.39 is 16.8 Å². The van der Waals surface area contributed by atoms with Crippen LogP contribution in [-0.4, -0.2) is 23.4 Å². The van der Waals surface area contributed by atoms with Crippen molar-refractivity contribution in [2.75, 3.05) is 11.9 Å². The maximum absolute atomic E-state index is 12.3. The lowest BCUT2D eigenvalue weighted by molar-refractivity contribution is -0.384. The molecular weight excluding hydrogens is 312 g/mol. The summed E-state index contributed by atoms with van der Waals surface area (Å²) in [6.45, 7) is 3.59. The van der Waals surface area contributed by atoms with E-state index in [9.17, 15) is 19.7 Å². The summed E-state index contributed by atoms with van der Waals surface area (Å²) in [5.41, 5.74) is 1.50. The van der Waals surface area contributed by atoms with E-state index in [0.29, 0.717) is 22.4 Å². The van der Waals surface area contributed by atoms with Gasteiger partial charge >= 0.3 is 5.97 Å². The molecule has 1 N–H and O–H groups in total. The molecule has 2 aromatic rings. The molecule has 7 heteroatoms. The van der Waals surface area contributed by atoms with Gasteiger partial charge in [0.2, 0.25) is 0 Å². The van der Waals surface area contributed by atoms with E-state index in [2.05, 4.69) is 5.32 Å². The summed E-state index contributed by atoms with van der Waals surface area (Å²) in [5, 5.41) is 13.4. The number of non-ortho nitro benzene ring substituents is 1. The lowest BCUT2D eigenvalue weighted by Gasteiger charge is -2.09. The van der Waals surface area contributed by atoms with E-state index in [1.165, 1.54) is 24.3 Å². The first-order chi connectivity index (χ1) is 11.4. The van der Waals surface area contributed by atoms with E-state index in [1.807, 2.05) is 0 Å². The van der Waals surface area contributed by atoms with Crippen LogP contribution in [0.3, 0.4) is 0 Å². The maximum atomic E-state index is 12.3. The zero-order chi connectivity index (χ0) is 17.7. The van der Waals surface area contributed by atoms with Gasteiger partial charge in [-0.1, -0.05) is 6.07 Å². The predicted octanol–water partition coefficient (Wildman–Crippen LogP) is 3.33. The van der Waals surface area contributed by atoms with E-state index in [4.69, 9.17) is 4.74 Å². The fraction of sp³-hybridized carbons (Fsp3) is 0.176. The van der Waals surface area contributed by atoms with E-state index >= 15 is 0 Å². The molecular formula is C17H16N2O5. The number of ether oxygens (including phenoxy) is 1. The highest BCUT2D eigenvalue weighted by Gasteiger charge is 2.14. The highest BCUT2D eigenvalue weighted by atomic mass is 16.6.